The summed E-state index contributed by atoms with van der Waals surface area (Å²) in [5.74, 6) is 0.446. The molecule has 1 saturated heterocycles. The summed E-state index contributed by atoms with van der Waals surface area (Å²) in [5.41, 5.74) is 9.84. The topological polar surface area (TPSA) is 141 Å². The standard InChI is InChI=1S/C30H27FN8O3/c1-42-24-8-6-21(31)12-23(24)30(41)34-13-18-2-4-20(5-3-18)27-26-28(32)35-17-36-29(26)39(37-27)22-7-9-25(33-14-22)38-11-10-19(15-38)16-40/h2-9,12,14,16-17,19H,10-11,13,15H2,1H3,(H,34,41)(H2,32,35,36)/t19-/m0/s1. The molecule has 3 N–H and O–H groups in total. The van der Waals surface area contributed by atoms with E-state index in [1.165, 1.54) is 25.6 Å². The maximum atomic E-state index is 13.7. The highest BCUT2D eigenvalue weighted by Crippen LogP contribution is 2.32. The third-order valence-electron chi connectivity index (χ3n) is 7.30. The summed E-state index contributed by atoms with van der Waals surface area (Å²) in [6, 6.07) is 15.1. The summed E-state index contributed by atoms with van der Waals surface area (Å²) >= 11 is 0. The lowest BCUT2D eigenvalue weighted by Crippen LogP contribution is -2.23. The van der Waals surface area contributed by atoms with Crippen molar-refractivity contribution in [3.8, 4) is 22.7 Å². The van der Waals surface area contributed by atoms with Crippen molar-refractivity contribution in [3.63, 3.8) is 0 Å². The quantitative estimate of drug-likeness (QED) is 0.270. The zero-order valence-electron chi connectivity index (χ0n) is 22.7. The molecule has 212 valence electrons. The van der Waals surface area contributed by atoms with E-state index in [9.17, 15) is 14.0 Å². The Morgan fingerprint density at radius 3 is 2.69 bits per heavy atom. The number of hydrogen-bond acceptors (Lipinski definition) is 9. The van der Waals surface area contributed by atoms with Gasteiger partial charge < -0.3 is 25.5 Å². The Kier molecular flexibility index (Phi) is 7.17. The first-order valence-electron chi connectivity index (χ1n) is 13.3. The van der Waals surface area contributed by atoms with Gasteiger partial charge in [-0.1, -0.05) is 24.3 Å². The molecule has 3 aromatic heterocycles. The molecule has 6 rings (SSSR count). The number of carbonyl (C=O) groups excluding carboxylic acids is 2. The molecule has 1 amide bonds. The molecule has 0 radical (unpaired) electrons. The minimum Gasteiger partial charge on any atom is -0.496 e. The van der Waals surface area contributed by atoms with Crippen LogP contribution in [0.3, 0.4) is 0 Å². The molecule has 2 aromatic carbocycles. The van der Waals surface area contributed by atoms with E-state index in [1.54, 1.807) is 10.9 Å². The van der Waals surface area contributed by atoms with E-state index in [0.29, 0.717) is 40.5 Å². The number of ether oxygens (including phenoxy) is 1. The van der Waals surface area contributed by atoms with E-state index in [0.717, 1.165) is 42.3 Å². The number of pyridine rings is 1. The van der Waals surface area contributed by atoms with Crippen LogP contribution in [0.25, 0.3) is 28.0 Å². The fourth-order valence-corrected chi connectivity index (χ4v) is 5.07. The molecule has 11 nitrogen and oxygen atoms in total. The molecule has 0 bridgehead atoms. The van der Waals surface area contributed by atoms with Gasteiger partial charge >= 0.3 is 0 Å². The zero-order valence-corrected chi connectivity index (χ0v) is 22.7. The van der Waals surface area contributed by atoms with Crippen LogP contribution in [-0.2, 0) is 11.3 Å². The highest BCUT2D eigenvalue weighted by atomic mass is 19.1. The number of aldehydes is 1. The molecule has 0 saturated carbocycles. The van der Waals surface area contributed by atoms with Gasteiger partial charge in [-0.15, -0.1) is 0 Å². The summed E-state index contributed by atoms with van der Waals surface area (Å²) < 4.78 is 20.6. The molecule has 42 heavy (non-hydrogen) atoms. The summed E-state index contributed by atoms with van der Waals surface area (Å²) in [7, 11) is 1.43. The van der Waals surface area contributed by atoms with Crippen molar-refractivity contribution in [2.24, 2.45) is 5.92 Å². The van der Waals surface area contributed by atoms with Crippen molar-refractivity contribution in [2.75, 3.05) is 30.8 Å². The Balaban J connectivity index is 1.24. The third kappa shape index (κ3) is 5.09. The number of rotatable bonds is 8. The second-order valence-electron chi connectivity index (χ2n) is 9.95. The summed E-state index contributed by atoms with van der Waals surface area (Å²) in [5, 5.41) is 8.23. The molecular formula is C30H27FN8O3. The van der Waals surface area contributed by atoms with Gasteiger partial charge in [0, 0.05) is 31.1 Å². The molecule has 4 heterocycles. The van der Waals surface area contributed by atoms with Crippen molar-refractivity contribution in [1.82, 2.24) is 30.0 Å². The largest absolute Gasteiger partial charge is 0.496 e. The number of halogens is 1. The maximum absolute atomic E-state index is 13.7. The lowest BCUT2D eigenvalue weighted by Gasteiger charge is -2.16. The number of carbonyl (C=O) groups is 2. The Hall–Kier alpha value is -5.39. The number of hydrogen-bond donors (Lipinski definition) is 2. The Labute approximate surface area is 240 Å². The Morgan fingerprint density at radius 2 is 1.98 bits per heavy atom. The van der Waals surface area contributed by atoms with Crippen LogP contribution in [0.4, 0.5) is 16.0 Å². The second-order valence-corrected chi connectivity index (χ2v) is 9.95. The molecule has 1 aliphatic heterocycles. The van der Waals surface area contributed by atoms with Crippen LogP contribution in [0.15, 0.2) is 67.1 Å². The van der Waals surface area contributed by atoms with Gasteiger partial charge in [0.15, 0.2) is 5.65 Å². The van der Waals surface area contributed by atoms with Crippen molar-refractivity contribution >= 4 is 34.9 Å². The van der Waals surface area contributed by atoms with Crippen molar-refractivity contribution in [1.29, 1.82) is 0 Å². The van der Waals surface area contributed by atoms with Gasteiger partial charge in [0.05, 0.1) is 29.9 Å². The van der Waals surface area contributed by atoms with E-state index in [4.69, 9.17) is 15.6 Å². The van der Waals surface area contributed by atoms with Gasteiger partial charge in [0.2, 0.25) is 0 Å². The Bertz CT molecular complexity index is 1770. The average molecular weight is 567 g/mol. The Morgan fingerprint density at radius 1 is 1.14 bits per heavy atom. The molecule has 0 unspecified atom stereocenters. The van der Waals surface area contributed by atoms with Gasteiger partial charge in [-0.05, 0) is 42.3 Å². The number of nitrogens with zero attached hydrogens (tertiary/aromatic N) is 6. The average Bonchev–Trinajstić information content (AvgIpc) is 3.66. The third-order valence-corrected chi connectivity index (χ3v) is 7.30. The van der Waals surface area contributed by atoms with Crippen LogP contribution in [0.2, 0.25) is 0 Å². The summed E-state index contributed by atoms with van der Waals surface area (Å²) in [4.78, 5) is 39.1. The highest BCUT2D eigenvalue weighted by Gasteiger charge is 2.23. The van der Waals surface area contributed by atoms with Gasteiger partial charge in [-0.25, -0.2) is 24.0 Å². The van der Waals surface area contributed by atoms with Gasteiger partial charge in [-0.2, -0.15) is 5.10 Å². The van der Waals surface area contributed by atoms with Crippen LogP contribution in [0.1, 0.15) is 22.3 Å². The van der Waals surface area contributed by atoms with E-state index >= 15 is 0 Å². The first kappa shape index (κ1) is 26.8. The van der Waals surface area contributed by atoms with Crippen LogP contribution in [0.5, 0.6) is 5.75 Å². The van der Waals surface area contributed by atoms with E-state index < -0.39 is 11.7 Å². The van der Waals surface area contributed by atoms with Crippen molar-refractivity contribution in [2.45, 2.75) is 13.0 Å². The minimum absolute atomic E-state index is 0.0309. The molecular weight excluding hydrogens is 539 g/mol. The number of nitrogen functional groups attached to an aromatic ring is 1. The molecule has 1 fully saturated rings. The number of methoxy groups -OCH3 is 1. The number of fused-ring (bicyclic) bond motifs is 1. The fraction of sp³-hybridized carbons (Fsp3) is 0.200. The van der Waals surface area contributed by atoms with E-state index in [-0.39, 0.29) is 18.0 Å². The first-order chi connectivity index (χ1) is 20.4. The number of anilines is 2. The van der Waals surface area contributed by atoms with Crippen molar-refractivity contribution in [3.05, 3.63) is 84.1 Å². The number of aromatic nitrogens is 5. The highest BCUT2D eigenvalue weighted by molar-refractivity contribution is 5.99. The van der Waals surface area contributed by atoms with Crippen molar-refractivity contribution < 1.29 is 18.7 Å². The second kappa shape index (κ2) is 11.2. The number of nitrogens with one attached hydrogen (secondary N) is 1. The van der Waals surface area contributed by atoms with Crippen LogP contribution >= 0.6 is 0 Å². The minimum atomic E-state index is -0.522. The molecule has 1 atom stereocenters. The smallest absolute Gasteiger partial charge is 0.255 e. The zero-order chi connectivity index (χ0) is 29.2. The van der Waals surface area contributed by atoms with Crippen LogP contribution in [0, 0.1) is 11.7 Å². The monoisotopic (exact) mass is 566 g/mol. The van der Waals surface area contributed by atoms with Crippen LogP contribution < -0.4 is 20.7 Å². The van der Waals surface area contributed by atoms with Gasteiger partial charge in [0.25, 0.3) is 5.91 Å². The predicted molar refractivity (Wildman–Crippen MR) is 155 cm³/mol. The van der Waals surface area contributed by atoms with Gasteiger partial charge in [0.1, 0.15) is 41.5 Å². The lowest BCUT2D eigenvalue weighted by molar-refractivity contribution is -0.110. The van der Waals surface area contributed by atoms with E-state index in [2.05, 4.69) is 25.2 Å². The number of nitrogens with two attached hydrogens (primary N) is 1. The normalized spacial score (nSPS) is 14.7. The fourth-order valence-electron chi connectivity index (χ4n) is 5.07. The van der Waals surface area contributed by atoms with Crippen LogP contribution in [-0.4, -0.2) is 57.1 Å². The first-order valence-corrected chi connectivity index (χ1v) is 13.3. The van der Waals surface area contributed by atoms with Gasteiger partial charge in [-0.3, -0.25) is 4.79 Å². The maximum Gasteiger partial charge on any atom is 0.255 e. The SMILES string of the molecule is COc1ccc(F)cc1C(=O)NCc1ccc(-c2nn(-c3ccc(N4CC[C@H](C=O)C4)nc3)c3ncnc(N)c23)cc1. The lowest BCUT2D eigenvalue weighted by atomic mass is 10.1. The molecule has 0 spiro atoms. The number of amides is 1. The number of benzene rings is 2. The van der Waals surface area contributed by atoms with E-state index in [1.807, 2.05) is 36.4 Å². The summed E-state index contributed by atoms with van der Waals surface area (Å²) in [6.07, 6.45) is 4.94. The molecule has 12 heteroatoms. The predicted octanol–water partition coefficient (Wildman–Crippen LogP) is 3.56. The molecule has 0 aliphatic carbocycles. The molecule has 1 aliphatic rings. The molecule has 5 aromatic rings. The summed E-state index contributed by atoms with van der Waals surface area (Å²) in [6.45, 7) is 1.67.